The van der Waals surface area contributed by atoms with Crippen LogP contribution in [0.15, 0.2) is 0 Å². The van der Waals surface area contributed by atoms with E-state index in [1.807, 2.05) is 62.3 Å². The van der Waals surface area contributed by atoms with E-state index < -0.39 is 163 Å². The summed E-state index contributed by atoms with van der Waals surface area (Å²) in [6.07, 6.45) is 11.5. The van der Waals surface area contributed by atoms with Crippen LogP contribution in [-0.4, -0.2) is 263 Å². The Morgan fingerprint density at radius 3 is 1.43 bits per heavy atom. The first kappa shape index (κ1) is 90.5. The Bertz CT molecular complexity index is 2860. The summed E-state index contributed by atoms with van der Waals surface area (Å²) in [5.74, 6) is -9.63. The first-order valence-corrected chi connectivity index (χ1v) is 39.9. The number of unbranched alkanes of at least 4 members (excludes halogenated alkanes) is 2. The molecule has 0 aromatic rings. The fourth-order valence-corrected chi connectivity index (χ4v) is 15.3. The van der Waals surface area contributed by atoms with E-state index in [4.69, 9.17) is 0 Å². The molecule has 4 aliphatic rings. The number of carbonyl (C=O) groups excluding carboxylic acids is 13. The Morgan fingerprint density at radius 2 is 0.933 bits per heavy atom. The molecule has 598 valence electrons. The molecule has 0 unspecified atom stereocenters. The van der Waals surface area contributed by atoms with Gasteiger partial charge in [-0.15, -0.1) is 0 Å². The first-order valence-electron chi connectivity index (χ1n) is 39.9. The summed E-state index contributed by atoms with van der Waals surface area (Å²) in [7, 11) is 8.75. The summed E-state index contributed by atoms with van der Waals surface area (Å²) in [5.41, 5.74) is 0. The fraction of sp³-hybridized carbons (Fsp3) is 0.833. The molecule has 2 aliphatic heterocycles. The summed E-state index contributed by atoms with van der Waals surface area (Å²) in [4.78, 5) is 206. The Labute approximate surface area is 628 Å². The molecule has 27 nitrogen and oxygen atoms in total. The summed E-state index contributed by atoms with van der Waals surface area (Å²) >= 11 is 0. The number of amides is 13. The zero-order valence-electron chi connectivity index (χ0n) is 67.2. The van der Waals surface area contributed by atoms with E-state index >= 15 is 52.7 Å². The maximum Gasteiger partial charge on any atom is 0.248 e. The van der Waals surface area contributed by atoms with Crippen molar-refractivity contribution in [1.82, 2.24) is 65.8 Å². The molecule has 27 heteroatoms. The van der Waals surface area contributed by atoms with Gasteiger partial charge in [0, 0.05) is 74.9 Å². The van der Waals surface area contributed by atoms with Gasteiger partial charge in [-0.1, -0.05) is 153 Å². The summed E-state index contributed by atoms with van der Waals surface area (Å²) in [6, 6.07) is -11.9. The van der Waals surface area contributed by atoms with E-state index in [2.05, 4.69) is 26.6 Å². The van der Waals surface area contributed by atoms with Crippen LogP contribution in [0.25, 0.3) is 0 Å². The number of nitrogens with one attached hydrogen (secondary N) is 5. The van der Waals surface area contributed by atoms with Crippen molar-refractivity contribution >= 4 is 76.8 Å². The second-order valence-electron chi connectivity index (χ2n) is 32.1. The molecule has 0 aromatic carbocycles. The average Bonchev–Trinajstić information content (AvgIpc) is 0.818. The molecular weight excluding hydrogens is 1340 g/mol. The lowest BCUT2D eigenvalue weighted by Crippen LogP contribution is -2.62. The maximum atomic E-state index is 15.6. The molecule has 0 aromatic heterocycles. The third kappa shape index (κ3) is 27.7. The van der Waals surface area contributed by atoms with Crippen molar-refractivity contribution in [3.63, 3.8) is 0 Å². The van der Waals surface area contributed by atoms with Crippen molar-refractivity contribution in [2.45, 2.75) is 304 Å². The second kappa shape index (κ2) is 45.0. The molecule has 6 N–H and O–H groups in total. The highest BCUT2D eigenvalue weighted by molar-refractivity contribution is 6.00. The zero-order valence-corrected chi connectivity index (χ0v) is 67.2. The SMILES string of the molecule is CCCCN1CC(=O)N(C)[C@@H](CC2CCCCC2)C(=O)N[C@@H](CCC(=O)NC)C(=O)N(C)[C@@H](CC(C)C)C(=O)N[C@@H]([C@@H](C)O)C(=O)N(CCCC)CC(=O)N(C)[C@@H](CC2CCCCC2)C(=O)N(C)[C@@H](CC(C)C)C(=O)N[C@@H](CC(C)C)C(=O)N(C)[C@@H]([C@@H](C)CC)C(=O)N[C@H](C(=O)N2CCCCC2)CC1=O. The minimum absolute atomic E-state index is 0.0111. The predicted octanol–water partition coefficient (Wildman–Crippen LogP) is 5.77. The van der Waals surface area contributed by atoms with Gasteiger partial charge in [-0.05, 0) is 113 Å². The van der Waals surface area contributed by atoms with Gasteiger partial charge in [0.15, 0.2) is 0 Å². The largest absolute Gasteiger partial charge is 0.391 e. The van der Waals surface area contributed by atoms with E-state index in [-0.39, 0.29) is 87.6 Å². The number of likely N-dealkylation sites (N-methyl/N-ethyl adjacent to an activating group) is 5. The predicted molar refractivity (Wildman–Crippen MR) is 404 cm³/mol. The first-order chi connectivity index (χ1) is 49.6. The molecule has 2 saturated heterocycles. The number of rotatable bonds is 23. The topological polar surface area (TPSA) is 328 Å². The van der Waals surface area contributed by atoms with Crippen molar-refractivity contribution in [2.24, 2.45) is 35.5 Å². The van der Waals surface area contributed by atoms with Crippen LogP contribution in [0.4, 0.5) is 0 Å². The molecule has 0 radical (unpaired) electrons. The molecule has 0 bridgehead atoms. The van der Waals surface area contributed by atoms with Gasteiger partial charge >= 0.3 is 0 Å². The normalized spacial score (nSPS) is 26.1. The van der Waals surface area contributed by atoms with Crippen LogP contribution < -0.4 is 26.6 Å². The number of aliphatic hydroxyl groups excluding tert-OH is 1. The molecule has 13 amide bonds. The van der Waals surface area contributed by atoms with Crippen molar-refractivity contribution in [1.29, 1.82) is 0 Å². The molecule has 4 rings (SSSR count). The lowest BCUT2D eigenvalue weighted by Gasteiger charge is -2.39. The highest BCUT2D eigenvalue weighted by Gasteiger charge is 2.45. The van der Waals surface area contributed by atoms with Gasteiger partial charge in [0.1, 0.15) is 54.4 Å². The highest BCUT2D eigenvalue weighted by atomic mass is 16.3. The number of hydrogen-bond donors (Lipinski definition) is 6. The van der Waals surface area contributed by atoms with Crippen LogP contribution in [0.1, 0.15) is 243 Å². The highest BCUT2D eigenvalue weighted by Crippen LogP contribution is 2.32. The second-order valence-corrected chi connectivity index (χ2v) is 32.1. The number of carbonyl (C=O) groups is 13. The van der Waals surface area contributed by atoms with Gasteiger partial charge in [-0.25, -0.2) is 0 Å². The smallest absolute Gasteiger partial charge is 0.248 e. The number of hydrogen-bond acceptors (Lipinski definition) is 14. The van der Waals surface area contributed by atoms with E-state index in [1.165, 1.54) is 78.6 Å². The van der Waals surface area contributed by atoms with Crippen LogP contribution >= 0.6 is 0 Å². The fourth-order valence-electron chi connectivity index (χ4n) is 15.3. The average molecular weight is 1480 g/mol. The van der Waals surface area contributed by atoms with E-state index in [0.29, 0.717) is 58.0 Å². The van der Waals surface area contributed by atoms with Crippen molar-refractivity contribution in [3.8, 4) is 0 Å². The lowest BCUT2D eigenvalue weighted by atomic mass is 9.84. The van der Waals surface area contributed by atoms with Crippen LogP contribution in [0.3, 0.4) is 0 Å². The van der Waals surface area contributed by atoms with Crippen LogP contribution in [0.5, 0.6) is 0 Å². The minimum atomic E-state index is -1.66. The summed E-state index contributed by atoms with van der Waals surface area (Å²) in [6.45, 7) is 19.8. The Hall–Kier alpha value is -6.93. The van der Waals surface area contributed by atoms with Crippen LogP contribution in [0, 0.1) is 35.5 Å². The van der Waals surface area contributed by atoms with Gasteiger partial charge in [-0.3, -0.25) is 62.3 Å². The Morgan fingerprint density at radius 1 is 0.486 bits per heavy atom. The van der Waals surface area contributed by atoms with Crippen molar-refractivity contribution in [3.05, 3.63) is 0 Å². The monoisotopic (exact) mass is 1480 g/mol. The summed E-state index contributed by atoms with van der Waals surface area (Å²) < 4.78 is 0. The number of likely N-dealkylation sites (tertiary alicyclic amines) is 1. The van der Waals surface area contributed by atoms with Gasteiger partial charge in [-0.2, -0.15) is 0 Å². The van der Waals surface area contributed by atoms with E-state index in [0.717, 1.165) is 75.5 Å². The molecule has 11 atom stereocenters. The van der Waals surface area contributed by atoms with E-state index in [1.54, 1.807) is 11.8 Å². The van der Waals surface area contributed by atoms with Gasteiger partial charge in [0.25, 0.3) is 0 Å². The Kier molecular flexibility index (Phi) is 38.8. The van der Waals surface area contributed by atoms with Gasteiger partial charge in [0.05, 0.1) is 25.6 Å². The van der Waals surface area contributed by atoms with Crippen LogP contribution in [0.2, 0.25) is 0 Å². The minimum Gasteiger partial charge on any atom is -0.391 e. The van der Waals surface area contributed by atoms with Gasteiger partial charge < -0.3 is 70.9 Å². The van der Waals surface area contributed by atoms with E-state index in [9.17, 15) is 14.7 Å². The molecule has 105 heavy (non-hydrogen) atoms. The third-order valence-corrected chi connectivity index (χ3v) is 22.2. The Balaban J connectivity index is 2.02. The molecule has 0 spiro atoms. The summed E-state index contributed by atoms with van der Waals surface area (Å²) in [5, 5.41) is 25.7. The molecule has 2 heterocycles. The van der Waals surface area contributed by atoms with Gasteiger partial charge in [0.2, 0.25) is 76.8 Å². The standard InChI is InChI=1S/C78H137N13O14/c1-18-21-38-90-48-66(95)84(13)62(45-55-32-26-23-27-33-55)71(98)80-57(36-37-64(93)79-12)74(101)86(15)61(44-52(8)9)72(99)83-68(54(11)92)78(105)91(39-22-19-2)49-67(96)85(14)63(46-56-34-28-24-29-35-56)77(104)87(16)60(43-51(6)7)70(97)81-58(42-50(4)5)75(102)88(17)69(53(10)20-3)73(100)82-59(47-65(90)94)76(103)89-40-30-25-31-41-89/h50-63,68-69,92H,18-49H2,1-17H3,(H,79,93)(H,80,98)(H,81,97)(H,82,100)(H,83,99)/t53-,54+,57-,58-,59-,60-,61-,62-,63-,68-,69-/m0/s1. The molecular formula is C78H137N13O14. The number of nitrogens with zero attached hydrogens (tertiary/aromatic N) is 8. The lowest BCUT2D eigenvalue weighted by molar-refractivity contribution is -0.152. The number of piperidine rings is 1. The third-order valence-electron chi connectivity index (χ3n) is 22.2. The quantitative estimate of drug-likeness (QED) is 0.0708. The number of aliphatic hydroxyl groups is 1. The van der Waals surface area contributed by atoms with Crippen molar-refractivity contribution < 1.29 is 67.4 Å². The molecule has 2 saturated carbocycles. The zero-order chi connectivity index (χ0) is 78.5. The van der Waals surface area contributed by atoms with Crippen molar-refractivity contribution in [2.75, 3.05) is 81.6 Å². The molecule has 4 fully saturated rings. The maximum absolute atomic E-state index is 15.6. The molecule has 2 aliphatic carbocycles. The van der Waals surface area contributed by atoms with Crippen LogP contribution in [-0.2, 0) is 62.3 Å².